The van der Waals surface area contributed by atoms with Gasteiger partial charge in [0.25, 0.3) is 0 Å². The second-order valence-corrected chi connectivity index (χ2v) is 3.44. The zero-order valence-corrected chi connectivity index (χ0v) is 8.14. The fourth-order valence-corrected chi connectivity index (χ4v) is 1.47. The fourth-order valence-electron chi connectivity index (χ4n) is 1.47. The van der Waals surface area contributed by atoms with Crippen molar-refractivity contribution in [2.75, 3.05) is 26.2 Å². The highest BCUT2D eigenvalue weighted by Gasteiger charge is 2.14. The number of rotatable bonds is 2. The van der Waals surface area contributed by atoms with Gasteiger partial charge in [-0.2, -0.15) is 0 Å². The molecule has 2 heteroatoms. The van der Waals surface area contributed by atoms with Gasteiger partial charge < -0.3 is 9.80 Å². The Bertz CT molecular complexity index is 166. The molecule has 0 bridgehead atoms. The summed E-state index contributed by atoms with van der Waals surface area (Å²) >= 11 is 0. The van der Waals surface area contributed by atoms with E-state index in [0.29, 0.717) is 0 Å². The van der Waals surface area contributed by atoms with Gasteiger partial charge in [0, 0.05) is 37.6 Å². The van der Waals surface area contributed by atoms with Crippen LogP contribution in [0.15, 0.2) is 24.6 Å². The average molecular weight is 166 g/mol. The summed E-state index contributed by atoms with van der Waals surface area (Å²) in [7, 11) is 0. The third kappa shape index (κ3) is 2.03. The summed E-state index contributed by atoms with van der Waals surface area (Å²) in [6.07, 6.45) is 0. The van der Waals surface area contributed by atoms with E-state index in [1.54, 1.807) is 0 Å². The van der Waals surface area contributed by atoms with Gasteiger partial charge in [0.05, 0.1) is 0 Å². The van der Waals surface area contributed by atoms with Crippen LogP contribution in [0.3, 0.4) is 0 Å². The lowest BCUT2D eigenvalue weighted by Gasteiger charge is -2.37. The van der Waals surface area contributed by atoms with Crippen molar-refractivity contribution in [1.82, 2.24) is 9.80 Å². The van der Waals surface area contributed by atoms with Crippen LogP contribution in [0.2, 0.25) is 0 Å². The Hall–Kier alpha value is -0.920. The lowest BCUT2D eigenvalue weighted by molar-refractivity contribution is 0.193. The second kappa shape index (κ2) is 3.65. The summed E-state index contributed by atoms with van der Waals surface area (Å²) in [4.78, 5) is 4.64. The van der Waals surface area contributed by atoms with Crippen LogP contribution in [-0.2, 0) is 0 Å². The number of piperazine rings is 1. The maximum Gasteiger partial charge on any atom is 0.0351 e. The van der Waals surface area contributed by atoms with Gasteiger partial charge >= 0.3 is 0 Å². The summed E-state index contributed by atoms with van der Waals surface area (Å²) < 4.78 is 0. The number of nitrogens with zero attached hydrogens (tertiary/aromatic N) is 2. The molecule has 0 saturated carbocycles. The summed E-state index contributed by atoms with van der Waals surface area (Å²) in [5, 5.41) is 0. The lowest BCUT2D eigenvalue weighted by atomic mass is 10.3. The minimum atomic E-state index is 1.09. The molecule has 0 aliphatic carbocycles. The Kier molecular flexibility index (Phi) is 2.79. The SMILES string of the molecule is C=C(C)N1CCN(C(=C)C)CC1. The van der Waals surface area contributed by atoms with Crippen LogP contribution in [0, 0.1) is 0 Å². The largest absolute Gasteiger partial charge is 0.372 e. The first-order chi connectivity index (χ1) is 5.61. The minimum Gasteiger partial charge on any atom is -0.372 e. The maximum atomic E-state index is 3.93. The summed E-state index contributed by atoms with van der Waals surface area (Å²) in [5.74, 6) is 0. The maximum absolute atomic E-state index is 3.93. The van der Waals surface area contributed by atoms with Crippen molar-refractivity contribution in [1.29, 1.82) is 0 Å². The molecule has 68 valence electrons. The molecular weight excluding hydrogens is 148 g/mol. The van der Waals surface area contributed by atoms with Gasteiger partial charge in [0.2, 0.25) is 0 Å². The van der Waals surface area contributed by atoms with E-state index in [4.69, 9.17) is 0 Å². The summed E-state index contributed by atoms with van der Waals surface area (Å²) in [6, 6.07) is 0. The zero-order chi connectivity index (χ0) is 9.14. The van der Waals surface area contributed by atoms with Gasteiger partial charge in [-0.1, -0.05) is 13.2 Å². The Morgan fingerprint density at radius 1 is 0.833 bits per heavy atom. The molecule has 0 unspecified atom stereocenters. The van der Waals surface area contributed by atoms with E-state index in [9.17, 15) is 0 Å². The van der Waals surface area contributed by atoms with Gasteiger partial charge in [-0.3, -0.25) is 0 Å². The second-order valence-electron chi connectivity index (χ2n) is 3.44. The monoisotopic (exact) mass is 166 g/mol. The fraction of sp³-hybridized carbons (Fsp3) is 0.600. The van der Waals surface area contributed by atoms with E-state index in [-0.39, 0.29) is 0 Å². The third-order valence-corrected chi connectivity index (χ3v) is 2.36. The number of hydrogen-bond donors (Lipinski definition) is 0. The minimum absolute atomic E-state index is 1.09. The third-order valence-electron chi connectivity index (χ3n) is 2.36. The smallest absolute Gasteiger partial charge is 0.0351 e. The first-order valence-corrected chi connectivity index (χ1v) is 4.42. The van der Waals surface area contributed by atoms with Crippen LogP contribution >= 0.6 is 0 Å². The predicted molar refractivity (Wildman–Crippen MR) is 52.8 cm³/mol. The van der Waals surface area contributed by atoms with E-state index in [2.05, 4.69) is 36.8 Å². The zero-order valence-electron chi connectivity index (χ0n) is 8.14. The quantitative estimate of drug-likeness (QED) is 0.615. The van der Waals surface area contributed by atoms with Crippen molar-refractivity contribution < 1.29 is 0 Å². The van der Waals surface area contributed by atoms with Crippen molar-refractivity contribution in [3.05, 3.63) is 24.6 Å². The molecule has 1 fully saturated rings. The predicted octanol–water partition coefficient (Wildman–Crippen LogP) is 1.67. The molecule has 2 nitrogen and oxygen atoms in total. The van der Waals surface area contributed by atoms with Gasteiger partial charge in [0.15, 0.2) is 0 Å². The van der Waals surface area contributed by atoms with Crippen LogP contribution in [0.5, 0.6) is 0 Å². The molecule has 1 rings (SSSR count). The Labute approximate surface area is 75.2 Å². The highest BCUT2D eigenvalue weighted by atomic mass is 15.3. The summed E-state index contributed by atoms with van der Waals surface area (Å²) in [5.41, 5.74) is 2.35. The van der Waals surface area contributed by atoms with Crippen LogP contribution < -0.4 is 0 Å². The van der Waals surface area contributed by atoms with E-state index in [0.717, 1.165) is 26.2 Å². The molecule has 0 atom stereocenters. The van der Waals surface area contributed by atoms with Crippen molar-refractivity contribution in [3.8, 4) is 0 Å². The Morgan fingerprint density at radius 3 is 1.25 bits per heavy atom. The van der Waals surface area contributed by atoms with Crippen LogP contribution in [-0.4, -0.2) is 36.0 Å². The first-order valence-electron chi connectivity index (χ1n) is 4.42. The molecule has 1 aliphatic rings. The molecule has 0 radical (unpaired) electrons. The molecule has 0 aromatic heterocycles. The van der Waals surface area contributed by atoms with Crippen LogP contribution in [0.4, 0.5) is 0 Å². The van der Waals surface area contributed by atoms with Crippen molar-refractivity contribution in [2.45, 2.75) is 13.8 Å². The first kappa shape index (κ1) is 9.17. The molecule has 0 N–H and O–H groups in total. The molecule has 0 amide bonds. The normalized spacial score (nSPS) is 17.8. The average Bonchev–Trinajstić information content (AvgIpc) is 2.04. The van der Waals surface area contributed by atoms with Gasteiger partial charge in [-0.25, -0.2) is 0 Å². The topological polar surface area (TPSA) is 6.48 Å². The Morgan fingerprint density at radius 2 is 1.08 bits per heavy atom. The van der Waals surface area contributed by atoms with Gasteiger partial charge in [-0.05, 0) is 13.8 Å². The van der Waals surface area contributed by atoms with Crippen LogP contribution in [0.1, 0.15) is 13.8 Å². The molecule has 1 saturated heterocycles. The highest BCUT2D eigenvalue weighted by Crippen LogP contribution is 2.10. The van der Waals surface area contributed by atoms with Crippen molar-refractivity contribution in [2.24, 2.45) is 0 Å². The molecule has 0 aromatic rings. The van der Waals surface area contributed by atoms with Crippen molar-refractivity contribution in [3.63, 3.8) is 0 Å². The molecule has 1 heterocycles. The van der Waals surface area contributed by atoms with E-state index in [1.807, 2.05) is 0 Å². The van der Waals surface area contributed by atoms with Gasteiger partial charge in [-0.15, -0.1) is 0 Å². The Balaban J connectivity index is 2.39. The number of allylic oxidation sites excluding steroid dienone is 2. The molecule has 0 aromatic carbocycles. The molecule has 1 aliphatic heterocycles. The van der Waals surface area contributed by atoms with E-state index < -0.39 is 0 Å². The van der Waals surface area contributed by atoms with E-state index in [1.165, 1.54) is 11.4 Å². The van der Waals surface area contributed by atoms with E-state index >= 15 is 0 Å². The number of hydrogen-bond acceptors (Lipinski definition) is 2. The van der Waals surface area contributed by atoms with Crippen LogP contribution in [0.25, 0.3) is 0 Å². The molecular formula is C10H18N2. The van der Waals surface area contributed by atoms with Gasteiger partial charge in [0.1, 0.15) is 0 Å². The highest BCUT2D eigenvalue weighted by molar-refractivity contribution is 4.96. The molecule has 12 heavy (non-hydrogen) atoms. The standard InChI is InChI=1S/C10H18N2/c1-9(2)11-5-7-12(8-6-11)10(3)4/h1,3,5-8H2,2,4H3. The molecule has 0 spiro atoms. The summed E-state index contributed by atoms with van der Waals surface area (Å²) in [6.45, 7) is 16.3. The van der Waals surface area contributed by atoms with Crippen molar-refractivity contribution >= 4 is 0 Å². The lowest BCUT2D eigenvalue weighted by Crippen LogP contribution is -2.44.